The van der Waals surface area contributed by atoms with Gasteiger partial charge in [-0.3, -0.25) is 4.90 Å². The van der Waals surface area contributed by atoms with Crippen molar-refractivity contribution < 1.29 is 4.39 Å². The van der Waals surface area contributed by atoms with Gasteiger partial charge in [0.1, 0.15) is 5.82 Å². The lowest BCUT2D eigenvalue weighted by Crippen LogP contribution is -2.61. The molecule has 1 aromatic carbocycles. The quantitative estimate of drug-likeness (QED) is 0.915. The maximum atomic E-state index is 13.1. The van der Waals surface area contributed by atoms with Gasteiger partial charge in [-0.05, 0) is 38.0 Å². The summed E-state index contributed by atoms with van der Waals surface area (Å²) >= 11 is 6.13. The molecule has 19 heavy (non-hydrogen) atoms. The zero-order valence-electron chi connectivity index (χ0n) is 11.8. The third-order valence-electron chi connectivity index (χ3n) is 3.99. The lowest BCUT2D eigenvalue weighted by Gasteiger charge is -2.46. The first kappa shape index (κ1) is 14.8. The van der Waals surface area contributed by atoms with Crippen LogP contribution < -0.4 is 5.32 Å². The number of benzene rings is 1. The Morgan fingerprint density at radius 2 is 2.21 bits per heavy atom. The largest absolute Gasteiger partial charge is 0.311 e. The highest BCUT2D eigenvalue weighted by Gasteiger charge is 2.33. The van der Waals surface area contributed by atoms with Crippen molar-refractivity contribution in [2.75, 3.05) is 13.1 Å². The fourth-order valence-electron chi connectivity index (χ4n) is 2.49. The Morgan fingerprint density at radius 1 is 1.47 bits per heavy atom. The molecule has 0 aromatic heterocycles. The van der Waals surface area contributed by atoms with Gasteiger partial charge in [0, 0.05) is 36.2 Å². The topological polar surface area (TPSA) is 15.3 Å². The van der Waals surface area contributed by atoms with Gasteiger partial charge in [-0.25, -0.2) is 4.39 Å². The SMILES string of the molecule is CCC1CN(Cc2ccc(F)cc2Cl)C(C)(C)CN1. The highest BCUT2D eigenvalue weighted by molar-refractivity contribution is 6.31. The van der Waals surface area contributed by atoms with E-state index in [0.29, 0.717) is 11.1 Å². The predicted octanol–water partition coefficient (Wildman–Crippen LogP) is 3.44. The first-order chi connectivity index (χ1) is 8.92. The molecule has 1 saturated heterocycles. The Labute approximate surface area is 119 Å². The van der Waals surface area contributed by atoms with Crippen molar-refractivity contribution in [2.24, 2.45) is 0 Å². The molecule has 1 fully saturated rings. The minimum absolute atomic E-state index is 0.0867. The van der Waals surface area contributed by atoms with E-state index in [0.717, 1.165) is 31.6 Å². The normalized spacial score (nSPS) is 23.5. The summed E-state index contributed by atoms with van der Waals surface area (Å²) in [5, 5.41) is 4.08. The average molecular weight is 285 g/mol. The summed E-state index contributed by atoms with van der Waals surface area (Å²) in [6.07, 6.45) is 1.11. The highest BCUT2D eigenvalue weighted by atomic mass is 35.5. The van der Waals surface area contributed by atoms with Gasteiger partial charge in [-0.15, -0.1) is 0 Å². The van der Waals surface area contributed by atoms with E-state index in [1.165, 1.54) is 12.1 Å². The van der Waals surface area contributed by atoms with Gasteiger partial charge >= 0.3 is 0 Å². The maximum absolute atomic E-state index is 13.1. The summed E-state index contributed by atoms with van der Waals surface area (Å²) < 4.78 is 13.1. The number of piperazine rings is 1. The molecular formula is C15H22ClFN2. The molecule has 0 radical (unpaired) electrons. The van der Waals surface area contributed by atoms with Crippen LogP contribution in [0.15, 0.2) is 18.2 Å². The lowest BCUT2D eigenvalue weighted by molar-refractivity contribution is 0.0577. The van der Waals surface area contributed by atoms with E-state index in [1.54, 1.807) is 6.07 Å². The van der Waals surface area contributed by atoms with Crippen LogP contribution in [-0.4, -0.2) is 29.6 Å². The van der Waals surface area contributed by atoms with Crippen molar-refractivity contribution in [3.05, 3.63) is 34.6 Å². The summed E-state index contributed by atoms with van der Waals surface area (Å²) in [6, 6.07) is 5.18. The molecule has 1 unspecified atom stereocenters. The molecule has 1 N–H and O–H groups in total. The molecule has 1 heterocycles. The summed E-state index contributed by atoms with van der Waals surface area (Å²) in [6.45, 7) is 9.37. The number of nitrogens with one attached hydrogen (secondary N) is 1. The minimum atomic E-state index is -0.278. The first-order valence-corrected chi connectivity index (χ1v) is 7.22. The molecule has 0 spiro atoms. The molecule has 0 aliphatic carbocycles. The van der Waals surface area contributed by atoms with Gasteiger partial charge in [0.2, 0.25) is 0 Å². The van der Waals surface area contributed by atoms with Crippen LogP contribution in [0.1, 0.15) is 32.8 Å². The Bertz CT molecular complexity index is 448. The zero-order valence-corrected chi connectivity index (χ0v) is 12.6. The molecule has 1 atom stereocenters. The van der Waals surface area contributed by atoms with E-state index in [2.05, 4.69) is 31.0 Å². The number of halogens is 2. The molecular weight excluding hydrogens is 263 g/mol. The van der Waals surface area contributed by atoms with Crippen LogP contribution in [0.4, 0.5) is 4.39 Å². The monoisotopic (exact) mass is 284 g/mol. The molecule has 106 valence electrons. The standard InChI is InChI=1S/C15H22ClFN2/c1-4-13-9-19(15(2,3)10-18-13)8-11-5-6-12(17)7-14(11)16/h5-7,13,18H,4,8-10H2,1-3H3. The molecule has 1 aliphatic heterocycles. The van der Waals surface area contributed by atoms with E-state index < -0.39 is 0 Å². The fourth-order valence-corrected chi connectivity index (χ4v) is 2.72. The molecule has 4 heteroatoms. The second-order valence-corrected chi connectivity index (χ2v) is 6.32. The van der Waals surface area contributed by atoms with Crippen molar-refractivity contribution in [3.8, 4) is 0 Å². The minimum Gasteiger partial charge on any atom is -0.311 e. The van der Waals surface area contributed by atoms with Gasteiger partial charge in [-0.1, -0.05) is 24.6 Å². The van der Waals surface area contributed by atoms with Crippen LogP contribution in [0.2, 0.25) is 5.02 Å². The molecule has 1 aliphatic rings. The Hall–Kier alpha value is -0.640. The van der Waals surface area contributed by atoms with Gasteiger partial charge in [-0.2, -0.15) is 0 Å². The molecule has 0 saturated carbocycles. The summed E-state index contributed by atoms with van der Waals surface area (Å²) in [5.41, 5.74) is 1.08. The van der Waals surface area contributed by atoms with Crippen LogP contribution in [0.25, 0.3) is 0 Å². The van der Waals surface area contributed by atoms with E-state index in [9.17, 15) is 4.39 Å². The Balaban J connectivity index is 2.15. The first-order valence-electron chi connectivity index (χ1n) is 6.84. The Morgan fingerprint density at radius 3 is 2.84 bits per heavy atom. The van der Waals surface area contributed by atoms with Crippen LogP contribution in [0.3, 0.4) is 0 Å². The van der Waals surface area contributed by atoms with E-state index in [1.807, 2.05) is 0 Å². The van der Waals surface area contributed by atoms with Gasteiger partial charge in [0.05, 0.1) is 0 Å². The van der Waals surface area contributed by atoms with Crippen LogP contribution >= 0.6 is 11.6 Å². The number of hydrogen-bond acceptors (Lipinski definition) is 2. The zero-order chi connectivity index (χ0) is 14.0. The lowest BCUT2D eigenvalue weighted by atomic mass is 9.95. The Kier molecular flexibility index (Phi) is 4.49. The van der Waals surface area contributed by atoms with Crippen molar-refractivity contribution in [3.63, 3.8) is 0 Å². The highest BCUT2D eigenvalue weighted by Crippen LogP contribution is 2.25. The van der Waals surface area contributed by atoms with Crippen LogP contribution in [-0.2, 0) is 6.54 Å². The fraction of sp³-hybridized carbons (Fsp3) is 0.600. The second kappa shape index (κ2) is 5.78. The molecule has 2 rings (SSSR count). The van der Waals surface area contributed by atoms with E-state index in [4.69, 9.17) is 11.6 Å². The molecule has 2 nitrogen and oxygen atoms in total. The summed E-state index contributed by atoms with van der Waals surface area (Å²) in [5.74, 6) is -0.278. The summed E-state index contributed by atoms with van der Waals surface area (Å²) in [7, 11) is 0. The predicted molar refractivity (Wildman–Crippen MR) is 78.0 cm³/mol. The van der Waals surface area contributed by atoms with E-state index in [-0.39, 0.29) is 11.4 Å². The maximum Gasteiger partial charge on any atom is 0.124 e. The second-order valence-electron chi connectivity index (χ2n) is 5.91. The van der Waals surface area contributed by atoms with Gasteiger partial charge in [0.15, 0.2) is 0 Å². The number of hydrogen-bond donors (Lipinski definition) is 1. The smallest absolute Gasteiger partial charge is 0.124 e. The van der Waals surface area contributed by atoms with Crippen molar-refractivity contribution >= 4 is 11.6 Å². The average Bonchev–Trinajstić information content (AvgIpc) is 2.34. The summed E-state index contributed by atoms with van der Waals surface area (Å²) in [4.78, 5) is 2.43. The van der Waals surface area contributed by atoms with Gasteiger partial charge < -0.3 is 5.32 Å². The van der Waals surface area contributed by atoms with Crippen LogP contribution in [0.5, 0.6) is 0 Å². The van der Waals surface area contributed by atoms with E-state index >= 15 is 0 Å². The number of rotatable bonds is 3. The van der Waals surface area contributed by atoms with Crippen molar-refractivity contribution in [2.45, 2.75) is 45.3 Å². The van der Waals surface area contributed by atoms with Gasteiger partial charge in [0.25, 0.3) is 0 Å². The molecule has 1 aromatic rings. The van der Waals surface area contributed by atoms with Crippen molar-refractivity contribution in [1.82, 2.24) is 10.2 Å². The van der Waals surface area contributed by atoms with Crippen molar-refractivity contribution in [1.29, 1.82) is 0 Å². The third kappa shape index (κ3) is 3.47. The molecule has 0 bridgehead atoms. The van der Waals surface area contributed by atoms with Crippen LogP contribution in [0, 0.1) is 5.82 Å². The molecule has 0 amide bonds. The third-order valence-corrected chi connectivity index (χ3v) is 4.34. The number of nitrogens with zero attached hydrogens (tertiary/aromatic N) is 1.